The molecule has 1 saturated carbocycles. The molecule has 4 heterocycles. The number of carbonyl (C=O) groups is 1. The van der Waals surface area contributed by atoms with Gasteiger partial charge in [0.05, 0.1) is 37.0 Å². The molecule has 2 atom stereocenters. The van der Waals surface area contributed by atoms with E-state index in [4.69, 9.17) is 9.47 Å². The minimum absolute atomic E-state index is 0.0801. The molecule has 0 spiro atoms. The quantitative estimate of drug-likeness (QED) is 0.0806. The van der Waals surface area contributed by atoms with Crippen LogP contribution in [0.1, 0.15) is 95.4 Å². The Hall–Kier alpha value is -5.22. The van der Waals surface area contributed by atoms with Gasteiger partial charge in [-0.15, -0.1) is 4.80 Å². The maximum atomic E-state index is 15.4. The van der Waals surface area contributed by atoms with E-state index in [0.717, 1.165) is 47.0 Å². The maximum absolute atomic E-state index is 15.4. The van der Waals surface area contributed by atoms with Crippen molar-refractivity contribution in [3.8, 4) is 10.8 Å². The van der Waals surface area contributed by atoms with Crippen molar-refractivity contribution in [1.82, 2.24) is 29.4 Å². The smallest absolute Gasteiger partial charge is 0.332 e. The summed E-state index contributed by atoms with van der Waals surface area (Å²) in [5.41, 5.74) is -0.166. The van der Waals surface area contributed by atoms with Crippen LogP contribution in [0.4, 0.5) is 4.39 Å². The Morgan fingerprint density at radius 3 is 2.23 bits per heavy atom. The topological polar surface area (TPSA) is 142 Å². The highest BCUT2D eigenvalue weighted by Gasteiger charge is 2.51. The van der Waals surface area contributed by atoms with Crippen LogP contribution < -0.4 is 31.7 Å². The molecule has 6 aromatic rings. The molecule has 2 fully saturated rings. The van der Waals surface area contributed by atoms with Crippen LogP contribution >= 0.6 is 11.3 Å². The molecule has 326 valence electrons. The summed E-state index contributed by atoms with van der Waals surface area (Å²) in [6.07, 6.45) is 7.92. The van der Waals surface area contributed by atoms with Crippen LogP contribution in [0.5, 0.6) is 5.75 Å². The summed E-state index contributed by atoms with van der Waals surface area (Å²) in [7, 11) is -3.21. The summed E-state index contributed by atoms with van der Waals surface area (Å²) < 4.78 is 31.3. The predicted molar refractivity (Wildman–Crippen MR) is 242 cm³/mol. The van der Waals surface area contributed by atoms with Gasteiger partial charge < -0.3 is 19.6 Å². The van der Waals surface area contributed by atoms with E-state index in [2.05, 4.69) is 60.6 Å². The molecule has 1 aliphatic heterocycles. The van der Waals surface area contributed by atoms with E-state index < -0.39 is 48.5 Å². The standard InChI is InChI=1S/C47H55FN6O6SSi/c1-5-6-27-59-39-22-19-33(48)28-37(39)40(30-52-45-41(31(2)44(61-45)54-50-25-26-51-54)43(56)53(46(52)57)38-23-24-49-42(38)55)60-34-20-17-32(18-21-34)29-47(3,4)62(58,35-13-9-7-10-14-35)36-15-11-8-12-16-36/h7-16,19,22,25-26,28,32,34,38,40,58H,5-6,17-18,20-21,23-24,27,29-30H2,1-4H3,(H,49,55)/t32?,34?,38-,40+/m1/s1. The highest BCUT2D eigenvalue weighted by molar-refractivity contribution is 7.21. The molecule has 62 heavy (non-hydrogen) atoms. The van der Waals surface area contributed by atoms with Gasteiger partial charge in [0.1, 0.15) is 33.5 Å². The molecule has 2 N–H and O–H groups in total. The Morgan fingerprint density at radius 2 is 1.61 bits per heavy atom. The second-order valence-corrected chi connectivity index (χ2v) is 22.3. The van der Waals surface area contributed by atoms with E-state index in [1.807, 2.05) is 36.4 Å². The molecular formula is C47H55FN6O6SSi. The van der Waals surface area contributed by atoms with Crippen LogP contribution in [0.2, 0.25) is 5.04 Å². The van der Waals surface area contributed by atoms with E-state index in [1.165, 1.54) is 45.2 Å². The van der Waals surface area contributed by atoms with Gasteiger partial charge in [-0.1, -0.05) is 99.2 Å². The molecular weight excluding hydrogens is 824 g/mol. The summed E-state index contributed by atoms with van der Waals surface area (Å²) >= 11 is 1.21. The number of aryl methyl sites for hydroxylation is 1. The predicted octanol–water partition coefficient (Wildman–Crippen LogP) is 6.73. The Balaban J connectivity index is 1.14. The van der Waals surface area contributed by atoms with Gasteiger partial charge in [-0.25, -0.2) is 13.8 Å². The van der Waals surface area contributed by atoms with Gasteiger partial charge >= 0.3 is 5.69 Å². The highest BCUT2D eigenvalue weighted by Crippen LogP contribution is 2.46. The number of ether oxygens (including phenoxy) is 2. The molecule has 1 saturated heterocycles. The SMILES string of the molecule is CCCCOc1ccc(F)cc1[C@H](Cn1c(=O)n([C@@H]2CCNC2=O)c(=O)c2c(C)c(-n3nccn3)sc21)OC1CCC(CC(C)(C)[Si](O)(c2ccccc2)c2ccccc2)CC1. The Labute approximate surface area is 365 Å². The van der Waals surface area contributed by atoms with Gasteiger partial charge in [0.25, 0.3) is 13.9 Å². The van der Waals surface area contributed by atoms with Gasteiger partial charge in [-0.2, -0.15) is 10.2 Å². The monoisotopic (exact) mass is 878 g/mol. The number of halogens is 1. The second kappa shape index (κ2) is 18.2. The Bertz CT molecular complexity index is 2590. The van der Waals surface area contributed by atoms with Crippen LogP contribution in [0.15, 0.2) is 101 Å². The molecule has 0 radical (unpaired) electrons. The molecule has 0 bridgehead atoms. The van der Waals surface area contributed by atoms with Crippen molar-refractivity contribution in [2.24, 2.45) is 5.92 Å². The number of hydrogen-bond acceptors (Lipinski definition) is 9. The summed E-state index contributed by atoms with van der Waals surface area (Å²) in [6, 6.07) is 23.6. The van der Waals surface area contributed by atoms with E-state index in [1.54, 1.807) is 13.0 Å². The number of rotatable bonds is 16. The van der Waals surface area contributed by atoms with Crippen molar-refractivity contribution in [2.45, 2.75) is 109 Å². The zero-order valence-electron chi connectivity index (χ0n) is 35.8. The maximum Gasteiger partial charge on any atom is 0.332 e. The molecule has 15 heteroatoms. The van der Waals surface area contributed by atoms with Crippen LogP contribution in [0.25, 0.3) is 15.2 Å². The third kappa shape index (κ3) is 8.35. The molecule has 2 aliphatic rings. The van der Waals surface area contributed by atoms with E-state index in [-0.39, 0.29) is 24.5 Å². The first kappa shape index (κ1) is 43.4. The lowest BCUT2D eigenvalue weighted by Crippen LogP contribution is -2.65. The van der Waals surface area contributed by atoms with Crippen LogP contribution in [-0.2, 0) is 16.1 Å². The van der Waals surface area contributed by atoms with Crippen LogP contribution in [-0.4, -0.2) is 62.4 Å². The summed E-state index contributed by atoms with van der Waals surface area (Å²) in [4.78, 5) is 56.8. The molecule has 3 aromatic heterocycles. The van der Waals surface area contributed by atoms with E-state index in [9.17, 15) is 19.2 Å². The number of fused-ring (bicyclic) bond motifs is 1. The highest BCUT2D eigenvalue weighted by atomic mass is 32.1. The Kier molecular flexibility index (Phi) is 12.8. The Morgan fingerprint density at radius 1 is 0.952 bits per heavy atom. The van der Waals surface area contributed by atoms with Crippen molar-refractivity contribution in [1.29, 1.82) is 0 Å². The normalized spacial score (nSPS) is 18.9. The number of benzene rings is 3. The number of nitrogens with one attached hydrogen (secondary N) is 1. The number of carbonyl (C=O) groups excluding carboxylic acids is 1. The average Bonchev–Trinajstić information content (AvgIpc) is 4.04. The van der Waals surface area contributed by atoms with Crippen LogP contribution in [0, 0.1) is 18.7 Å². The molecule has 3 aromatic carbocycles. The van der Waals surface area contributed by atoms with Crippen molar-refractivity contribution < 1.29 is 23.5 Å². The zero-order chi connectivity index (χ0) is 43.6. The lowest BCUT2D eigenvalue weighted by molar-refractivity contribution is -0.122. The minimum Gasteiger partial charge on any atom is -0.493 e. The largest absolute Gasteiger partial charge is 0.493 e. The van der Waals surface area contributed by atoms with Crippen molar-refractivity contribution in [3.63, 3.8) is 0 Å². The van der Waals surface area contributed by atoms with E-state index in [0.29, 0.717) is 58.6 Å². The summed E-state index contributed by atoms with van der Waals surface area (Å²) in [5, 5.41) is 13.8. The summed E-state index contributed by atoms with van der Waals surface area (Å²) in [5.74, 6) is -0.0818. The van der Waals surface area contributed by atoms with Gasteiger partial charge in [0.15, 0.2) is 0 Å². The molecule has 12 nitrogen and oxygen atoms in total. The number of thiophene rings is 1. The lowest BCUT2D eigenvalue weighted by Gasteiger charge is -2.44. The van der Waals surface area contributed by atoms with Crippen molar-refractivity contribution in [2.75, 3.05) is 13.2 Å². The number of unbranched alkanes of at least 4 members (excludes halogenated alkanes) is 1. The number of amides is 1. The first-order valence-corrected chi connectivity index (χ1v) is 24.5. The van der Waals surface area contributed by atoms with Crippen molar-refractivity contribution >= 4 is 46.2 Å². The average molecular weight is 879 g/mol. The van der Waals surface area contributed by atoms with Crippen LogP contribution in [0.3, 0.4) is 0 Å². The third-order valence-electron chi connectivity index (χ3n) is 12.9. The number of hydrogen-bond donors (Lipinski definition) is 2. The first-order valence-electron chi connectivity index (χ1n) is 21.7. The van der Waals surface area contributed by atoms with Crippen molar-refractivity contribution in [3.05, 3.63) is 129 Å². The van der Waals surface area contributed by atoms with E-state index >= 15 is 4.39 Å². The third-order valence-corrected chi connectivity index (χ3v) is 18.7. The summed E-state index contributed by atoms with van der Waals surface area (Å²) in [6.45, 7) is 8.94. The first-order chi connectivity index (χ1) is 29.9. The molecule has 1 amide bonds. The molecule has 8 rings (SSSR count). The van der Waals surface area contributed by atoms with Gasteiger partial charge in [0, 0.05) is 17.7 Å². The number of nitrogens with zero attached hydrogens (tertiary/aromatic N) is 5. The minimum atomic E-state index is -3.21. The lowest BCUT2D eigenvalue weighted by atomic mass is 9.82. The molecule has 1 aliphatic carbocycles. The zero-order valence-corrected chi connectivity index (χ0v) is 37.6. The van der Waals surface area contributed by atoms with Gasteiger partial charge in [-0.3, -0.25) is 14.2 Å². The fourth-order valence-electron chi connectivity index (χ4n) is 9.62. The number of aromatic nitrogens is 5. The second-order valence-electron chi connectivity index (χ2n) is 17.4. The van der Waals surface area contributed by atoms with Gasteiger partial charge in [0.2, 0.25) is 5.91 Å². The van der Waals surface area contributed by atoms with Gasteiger partial charge in [-0.05, 0) is 91.4 Å². The fourth-order valence-corrected chi connectivity index (χ4v) is 14.7. The molecule has 0 unspecified atom stereocenters. The fraction of sp³-hybridized carbons (Fsp3) is 0.426.